The standard InChI is InChI=1S/C20H22N4O2.HI/c1-13(15-8-7-14-5-3-4-6-16(14)11-15)24-20(22-2)23-12-17-9-10-18(26-17)19(21)25;/h3-11,13H,12H2,1-2H3,(H2,21,25)(H2,22,23,24);1H. The van der Waals surface area contributed by atoms with Crippen molar-refractivity contribution in [3.8, 4) is 0 Å². The highest BCUT2D eigenvalue weighted by molar-refractivity contribution is 14.0. The number of nitrogens with two attached hydrogens (primary N) is 1. The molecule has 0 aliphatic heterocycles. The van der Waals surface area contributed by atoms with Gasteiger partial charge in [-0.2, -0.15) is 0 Å². The Bertz CT molecular complexity index is 952. The summed E-state index contributed by atoms with van der Waals surface area (Å²) in [5.41, 5.74) is 6.36. The molecule has 1 aromatic heterocycles. The van der Waals surface area contributed by atoms with Crippen molar-refractivity contribution in [3.05, 3.63) is 71.7 Å². The SMILES string of the molecule is CN=C(NCc1ccc(C(N)=O)o1)NC(C)c1ccc2ccccc2c1.I. The summed E-state index contributed by atoms with van der Waals surface area (Å²) in [4.78, 5) is 15.3. The summed E-state index contributed by atoms with van der Waals surface area (Å²) in [7, 11) is 1.71. The Balaban J connectivity index is 0.00000261. The third-order valence-electron chi connectivity index (χ3n) is 4.18. The van der Waals surface area contributed by atoms with Crippen LogP contribution in [0.4, 0.5) is 0 Å². The minimum atomic E-state index is -0.580. The number of aliphatic imine (C=N–C) groups is 1. The van der Waals surface area contributed by atoms with E-state index in [-0.39, 0.29) is 35.8 Å². The van der Waals surface area contributed by atoms with Gasteiger partial charge in [0.25, 0.3) is 5.91 Å². The minimum Gasteiger partial charge on any atom is -0.454 e. The third kappa shape index (κ3) is 5.22. The molecule has 0 aliphatic carbocycles. The van der Waals surface area contributed by atoms with Gasteiger partial charge in [-0.3, -0.25) is 9.79 Å². The Labute approximate surface area is 175 Å². The van der Waals surface area contributed by atoms with Crippen LogP contribution in [-0.4, -0.2) is 18.9 Å². The highest BCUT2D eigenvalue weighted by atomic mass is 127. The number of hydrogen-bond acceptors (Lipinski definition) is 3. The molecule has 1 atom stereocenters. The van der Waals surface area contributed by atoms with E-state index in [0.717, 1.165) is 0 Å². The number of fused-ring (bicyclic) bond motifs is 1. The summed E-state index contributed by atoms with van der Waals surface area (Å²) in [6.45, 7) is 2.48. The molecule has 0 aliphatic rings. The van der Waals surface area contributed by atoms with Crippen LogP contribution in [0.25, 0.3) is 10.8 Å². The molecule has 7 heteroatoms. The van der Waals surface area contributed by atoms with E-state index in [2.05, 4.69) is 52.9 Å². The van der Waals surface area contributed by atoms with Crippen LogP contribution in [0.1, 0.15) is 34.8 Å². The molecule has 1 heterocycles. The van der Waals surface area contributed by atoms with Crippen molar-refractivity contribution in [2.75, 3.05) is 7.05 Å². The van der Waals surface area contributed by atoms with Crippen LogP contribution in [-0.2, 0) is 6.54 Å². The first-order valence-corrected chi connectivity index (χ1v) is 8.41. The Hall–Kier alpha value is -2.55. The van der Waals surface area contributed by atoms with E-state index in [1.807, 2.05) is 12.1 Å². The van der Waals surface area contributed by atoms with Gasteiger partial charge in [0.2, 0.25) is 0 Å². The van der Waals surface area contributed by atoms with Gasteiger partial charge in [-0.15, -0.1) is 24.0 Å². The zero-order valence-electron chi connectivity index (χ0n) is 15.2. The molecule has 0 fully saturated rings. The fourth-order valence-electron chi connectivity index (χ4n) is 2.74. The quantitative estimate of drug-likeness (QED) is 0.297. The minimum absolute atomic E-state index is 0. The lowest BCUT2D eigenvalue weighted by Gasteiger charge is -2.18. The number of halogens is 1. The van der Waals surface area contributed by atoms with Crippen molar-refractivity contribution in [1.29, 1.82) is 0 Å². The van der Waals surface area contributed by atoms with E-state index in [4.69, 9.17) is 10.2 Å². The Morgan fingerprint density at radius 1 is 1.15 bits per heavy atom. The van der Waals surface area contributed by atoms with Crippen LogP contribution in [0.3, 0.4) is 0 Å². The zero-order valence-corrected chi connectivity index (χ0v) is 17.6. The molecule has 27 heavy (non-hydrogen) atoms. The second kappa shape index (κ2) is 9.40. The Kier molecular flexibility index (Phi) is 7.23. The van der Waals surface area contributed by atoms with Crippen LogP contribution in [0.15, 0.2) is 64.0 Å². The van der Waals surface area contributed by atoms with Crippen LogP contribution in [0.5, 0.6) is 0 Å². The monoisotopic (exact) mass is 478 g/mol. The van der Waals surface area contributed by atoms with Gasteiger partial charge < -0.3 is 20.8 Å². The largest absolute Gasteiger partial charge is 0.454 e. The molecule has 0 saturated heterocycles. The molecule has 0 bridgehead atoms. The van der Waals surface area contributed by atoms with Gasteiger partial charge in [0.15, 0.2) is 11.7 Å². The van der Waals surface area contributed by atoms with Crippen LogP contribution < -0.4 is 16.4 Å². The number of primary amides is 1. The molecular formula is C20H23IN4O2. The lowest BCUT2D eigenvalue weighted by Crippen LogP contribution is -2.38. The molecule has 0 spiro atoms. The maximum Gasteiger partial charge on any atom is 0.284 e. The Morgan fingerprint density at radius 3 is 2.56 bits per heavy atom. The number of hydrogen-bond donors (Lipinski definition) is 3. The molecule has 1 unspecified atom stereocenters. The zero-order chi connectivity index (χ0) is 18.5. The van der Waals surface area contributed by atoms with Gasteiger partial charge in [0.1, 0.15) is 5.76 Å². The highest BCUT2D eigenvalue weighted by Gasteiger charge is 2.10. The van der Waals surface area contributed by atoms with Crippen molar-refractivity contribution in [3.63, 3.8) is 0 Å². The smallest absolute Gasteiger partial charge is 0.284 e. The molecular weight excluding hydrogens is 455 g/mol. The van der Waals surface area contributed by atoms with Crippen molar-refractivity contribution in [2.45, 2.75) is 19.5 Å². The fourth-order valence-corrected chi connectivity index (χ4v) is 2.74. The topological polar surface area (TPSA) is 92.6 Å². The summed E-state index contributed by atoms with van der Waals surface area (Å²) < 4.78 is 5.36. The van der Waals surface area contributed by atoms with E-state index in [1.165, 1.54) is 16.3 Å². The average Bonchev–Trinajstić information content (AvgIpc) is 3.14. The maximum atomic E-state index is 11.1. The van der Waals surface area contributed by atoms with Crippen molar-refractivity contribution >= 4 is 46.6 Å². The summed E-state index contributed by atoms with van der Waals surface area (Å²) in [5.74, 6) is 0.820. The molecule has 0 radical (unpaired) electrons. The van der Waals surface area contributed by atoms with Gasteiger partial charge in [-0.05, 0) is 41.5 Å². The molecule has 6 nitrogen and oxygen atoms in total. The normalized spacial score (nSPS) is 12.3. The van der Waals surface area contributed by atoms with Gasteiger partial charge in [-0.1, -0.05) is 36.4 Å². The van der Waals surface area contributed by atoms with Gasteiger partial charge in [0, 0.05) is 7.05 Å². The predicted octanol–water partition coefficient (Wildman–Crippen LogP) is 3.58. The van der Waals surface area contributed by atoms with Gasteiger partial charge >= 0.3 is 0 Å². The van der Waals surface area contributed by atoms with Crippen LogP contribution in [0, 0.1) is 0 Å². The second-order valence-electron chi connectivity index (χ2n) is 6.03. The molecule has 3 aromatic rings. The number of nitrogens with one attached hydrogen (secondary N) is 2. The van der Waals surface area contributed by atoms with E-state index >= 15 is 0 Å². The van der Waals surface area contributed by atoms with E-state index in [1.54, 1.807) is 19.2 Å². The lowest BCUT2D eigenvalue weighted by atomic mass is 10.0. The number of nitrogens with zero attached hydrogens (tertiary/aromatic N) is 1. The first-order chi connectivity index (χ1) is 12.6. The van der Waals surface area contributed by atoms with Crippen LogP contribution >= 0.6 is 24.0 Å². The molecule has 142 valence electrons. The van der Waals surface area contributed by atoms with Gasteiger partial charge in [-0.25, -0.2) is 0 Å². The summed E-state index contributed by atoms with van der Waals surface area (Å²) in [5, 5.41) is 8.94. The van der Waals surface area contributed by atoms with E-state index in [0.29, 0.717) is 18.3 Å². The van der Waals surface area contributed by atoms with E-state index < -0.39 is 5.91 Å². The van der Waals surface area contributed by atoms with Crippen molar-refractivity contribution in [1.82, 2.24) is 10.6 Å². The predicted molar refractivity (Wildman–Crippen MR) is 118 cm³/mol. The third-order valence-corrected chi connectivity index (χ3v) is 4.18. The number of benzene rings is 2. The summed E-state index contributed by atoms with van der Waals surface area (Å²) >= 11 is 0. The number of guanidine groups is 1. The second-order valence-corrected chi connectivity index (χ2v) is 6.03. The van der Waals surface area contributed by atoms with E-state index in [9.17, 15) is 4.79 Å². The average molecular weight is 478 g/mol. The number of rotatable bonds is 5. The molecule has 0 saturated carbocycles. The first kappa shape index (κ1) is 20.8. The first-order valence-electron chi connectivity index (χ1n) is 8.41. The summed E-state index contributed by atoms with van der Waals surface area (Å²) in [6.07, 6.45) is 0. The summed E-state index contributed by atoms with van der Waals surface area (Å²) in [6, 6.07) is 18.0. The lowest BCUT2D eigenvalue weighted by molar-refractivity contribution is 0.0972. The number of amides is 1. The number of carbonyl (C=O) groups excluding carboxylic acids is 1. The van der Waals surface area contributed by atoms with Crippen LogP contribution in [0.2, 0.25) is 0 Å². The highest BCUT2D eigenvalue weighted by Crippen LogP contribution is 2.20. The Morgan fingerprint density at radius 2 is 1.89 bits per heavy atom. The number of carbonyl (C=O) groups is 1. The maximum absolute atomic E-state index is 11.1. The van der Waals surface area contributed by atoms with Crippen molar-refractivity contribution < 1.29 is 9.21 Å². The fraction of sp³-hybridized carbons (Fsp3) is 0.200. The van der Waals surface area contributed by atoms with Gasteiger partial charge in [0.05, 0.1) is 12.6 Å². The molecule has 1 amide bonds. The molecule has 2 aromatic carbocycles. The molecule has 4 N–H and O–H groups in total. The number of furan rings is 1. The molecule has 3 rings (SSSR count). The van der Waals surface area contributed by atoms with Crippen molar-refractivity contribution in [2.24, 2.45) is 10.7 Å².